The molecule has 0 fully saturated rings. The van der Waals surface area contributed by atoms with Crippen LogP contribution in [0.15, 0.2) is 18.2 Å². The Labute approximate surface area is 77.2 Å². The van der Waals surface area contributed by atoms with Crippen molar-refractivity contribution in [3.63, 3.8) is 0 Å². The molecule has 0 saturated heterocycles. The van der Waals surface area contributed by atoms with E-state index in [1.165, 1.54) is 5.56 Å². The molecular weight excluding hydrogens is 168 g/mol. The average Bonchev–Trinajstić information content (AvgIpc) is 2.28. The molecule has 1 atom stereocenters. The quantitative estimate of drug-likeness (QED) is 0.601. The van der Waals surface area contributed by atoms with Gasteiger partial charge in [-0.25, -0.2) is 0 Å². The number of fused-ring (bicyclic) bond motifs is 1. The first-order chi connectivity index (χ1) is 5.68. The van der Waals surface area contributed by atoms with Crippen molar-refractivity contribution in [1.29, 1.82) is 0 Å². The second-order valence-electron chi connectivity index (χ2n) is 3.24. The first-order valence-electron chi connectivity index (χ1n) is 4.00. The molecule has 1 aliphatic carbocycles. The van der Waals surface area contributed by atoms with Crippen LogP contribution >= 0.6 is 12.6 Å². The monoisotopic (exact) mass is 178 g/mol. The van der Waals surface area contributed by atoms with E-state index in [4.69, 9.17) is 0 Å². The SMILES string of the molecule is Cc1ccc2c(c1)CC(S)C2=O. The lowest BCUT2D eigenvalue weighted by Gasteiger charge is -1.96. The molecule has 0 aromatic heterocycles. The minimum atomic E-state index is -0.109. The third kappa shape index (κ3) is 1.07. The van der Waals surface area contributed by atoms with Crippen LogP contribution in [0.4, 0.5) is 0 Å². The van der Waals surface area contributed by atoms with E-state index in [0.29, 0.717) is 0 Å². The predicted molar refractivity (Wildman–Crippen MR) is 52.0 cm³/mol. The molecule has 1 aromatic rings. The van der Waals surface area contributed by atoms with E-state index in [-0.39, 0.29) is 11.0 Å². The highest BCUT2D eigenvalue weighted by Crippen LogP contribution is 2.25. The Morgan fingerprint density at radius 2 is 2.25 bits per heavy atom. The van der Waals surface area contributed by atoms with Gasteiger partial charge in [0.2, 0.25) is 0 Å². The van der Waals surface area contributed by atoms with E-state index >= 15 is 0 Å². The van der Waals surface area contributed by atoms with E-state index in [9.17, 15) is 4.79 Å². The van der Waals surface area contributed by atoms with Crippen LogP contribution in [-0.2, 0) is 6.42 Å². The summed E-state index contributed by atoms with van der Waals surface area (Å²) in [5.41, 5.74) is 3.23. The van der Waals surface area contributed by atoms with Crippen LogP contribution in [0.3, 0.4) is 0 Å². The zero-order valence-corrected chi connectivity index (χ0v) is 7.77. The molecule has 1 nitrogen and oxygen atoms in total. The largest absolute Gasteiger partial charge is 0.293 e. The van der Waals surface area contributed by atoms with Crippen LogP contribution in [0, 0.1) is 6.92 Å². The van der Waals surface area contributed by atoms with Gasteiger partial charge in [-0.15, -0.1) is 0 Å². The summed E-state index contributed by atoms with van der Waals surface area (Å²) in [6.45, 7) is 2.04. The molecule has 1 aliphatic rings. The standard InChI is InChI=1S/C10H10OS/c1-6-2-3-8-7(4-6)5-9(12)10(8)11/h2-4,9,12H,5H2,1H3. The second-order valence-corrected chi connectivity index (χ2v) is 3.87. The van der Waals surface area contributed by atoms with Gasteiger partial charge in [-0.05, 0) is 18.9 Å². The number of thiol groups is 1. The third-order valence-corrected chi connectivity index (χ3v) is 2.66. The van der Waals surface area contributed by atoms with Crippen LogP contribution < -0.4 is 0 Å². The molecule has 0 bridgehead atoms. The summed E-state index contributed by atoms with van der Waals surface area (Å²) in [5.74, 6) is 0.174. The normalized spacial score (nSPS) is 21.2. The van der Waals surface area contributed by atoms with Crippen molar-refractivity contribution < 1.29 is 4.79 Å². The number of carbonyl (C=O) groups is 1. The Bertz CT molecular complexity index is 344. The number of Topliss-reactive ketones (excluding diaryl/α,β-unsaturated/α-hetero) is 1. The topological polar surface area (TPSA) is 17.1 Å². The number of benzene rings is 1. The summed E-state index contributed by atoms with van der Waals surface area (Å²) in [6, 6.07) is 5.95. The summed E-state index contributed by atoms with van der Waals surface area (Å²) in [4.78, 5) is 11.4. The lowest BCUT2D eigenvalue weighted by Crippen LogP contribution is -2.06. The molecule has 0 heterocycles. The van der Waals surface area contributed by atoms with E-state index in [2.05, 4.69) is 18.7 Å². The predicted octanol–water partition coefficient (Wildman–Crippen LogP) is 2.03. The van der Waals surface area contributed by atoms with Gasteiger partial charge in [-0.3, -0.25) is 4.79 Å². The molecule has 1 aromatic carbocycles. The Kier molecular flexibility index (Phi) is 1.72. The van der Waals surface area contributed by atoms with E-state index in [1.807, 2.05) is 19.1 Å². The summed E-state index contributed by atoms with van der Waals surface area (Å²) >= 11 is 4.22. The van der Waals surface area contributed by atoms with E-state index < -0.39 is 0 Å². The maximum atomic E-state index is 11.4. The molecule has 0 amide bonds. The smallest absolute Gasteiger partial charge is 0.176 e. The number of aryl methyl sites for hydroxylation is 1. The first kappa shape index (κ1) is 7.87. The molecule has 0 aliphatic heterocycles. The van der Waals surface area contributed by atoms with Gasteiger partial charge in [0.05, 0.1) is 5.25 Å². The average molecular weight is 178 g/mol. The fourth-order valence-electron chi connectivity index (χ4n) is 1.61. The lowest BCUT2D eigenvalue weighted by molar-refractivity contribution is 0.100. The molecule has 0 spiro atoms. The Morgan fingerprint density at radius 1 is 1.50 bits per heavy atom. The van der Waals surface area contributed by atoms with Crippen molar-refractivity contribution in [3.05, 3.63) is 34.9 Å². The maximum absolute atomic E-state index is 11.4. The Morgan fingerprint density at radius 3 is 3.00 bits per heavy atom. The van der Waals surface area contributed by atoms with Gasteiger partial charge in [0.15, 0.2) is 5.78 Å². The zero-order chi connectivity index (χ0) is 8.72. The summed E-state index contributed by atoms with van der Waals surface area (Å²) in [7, 11) is 0. The highest BCUT2D eigenvalue weighted by atomic mass is 32.1. The highest BCUT2D eigenvalue weighted by molar-refractivity contribution is 7.81. The lowest BCUT2D eigenvalue weighted by atomic mass is 10.1. The molecule has 0 radical (unpaired) electrons. The maximum Gasteiger partial charge on any atom is 0.176 e. The number of rotatable bonds is 0. The minimum Gasteiger partial charge on any atom is -0.293 e. The molecule has 2 heteroatoms. The van der Waals surface area contributed by atoms with Gasteiger partial charge in [0, 0.05) is 5.56 Å². The van der Waals surface area contributed by atoms with Crippen LogP contribution in [0.5, 0.6) is 0 Å². The van der Waals surface area contributed by atoms with Crippen molar-refractivity contribution in [1.82, 2.24) is 0 Å². The zero-order valence-electron chi connectivity index (χ0n) is 6.87. The molecular formula is C10H10OS. The second kappa shape index (κ2) is 2.63. The summed E-state index contributed by atoms with van der Waals surface area (Å²) in [6.07, 6.45) is 0.791. The number of carbonyl (C=O) groups excluding carboxylic acids is 1. The van der Waals surface area contributed by atoms with Crippen molar-refractivity contribution in [2.45, 2.75) is 18.6 Å². The molecule has 1 unspecified atom stereocenters. The van der Waals surface area contributed by atoms with E-state index in [1.54, 1.807) is 0 Å². The Hall–Kier alpha value is -0.760. The van der Waals surface area contributed by atoms with Crippen LogP contribution in [0.25, 0.3) is 0 Å². The van der Waals surface area contributed by atoms with Crippen molar-refractivity contribution in [2.24, 2.45) is 0 Å². The Balaban J connectivity index is 2.54. The van der Waals surface area contributed by atoms with Crippen molar-refractivity contribution in [2.75, 3.05) is 0 Å². The summed E-state index contributed by atoms with van der Waals surface area (Å²) < 4.78 is 0. The fraction of sp³-hybridized carbons (Fsp3) is 0.300. The van der Waals surface area contributed by atoms with Gasteiger partial charge in [0.1, 0.15) is 0 Å². The number of hydrogen-bond acceptors (Lipinski definition) is 2. The van der Waals surface area contributed by atoms with Gasteiger partial charge in [-0.2, -0.15) is 12.6 Å². The fourth-order valence-corrected chi connectivity index (χ4v) is 1.95. The van der Waals surface area contributed by atoms with Crippen molar-refractivity contribution in [3.8, 4) is 0 Å². The van der Waals surface area contributed by atoms with Gasteiger partial charge in [0.25, 0.3) is 0 Å². The molecule has 0 saturated carbocycles. The minimum absolute atomic E-state index is 0.109. The van der Waals surface area contributed by atoms with Crippen LogP contribution in [0.2, 0.25) is 0 Å². The third-order valence-electron chi connectivity index (χ3n) is 2.24. The van der Waals surface area contributed by atoms with Crippen LogP contribution in [0.1, 0.15) is 21.5 Å². The molecule has 2 rings (SSSR count). The van der Waals surface area contributed by atoms with Crippen LogP contribution in [-0.4, -0.2) is 11.0 Å². The molecule has 12 heavy (non-hydrogen) atoms. The highest BCUT2D eigenvalue weighted by Gasteiger charge is 2.26. The number of ketones is 1. The van der Waals surface area contributed by atoms with Gasteiger partial charge < -0.3 is 0 Å². The number of hydrogen-bond donors (Lipinski definition) is 1. The van der Waals surface area contributed by atoms with Gasteiger partial charge in [-0.1, -0.05) is 23.8 Å². The summed E-state index contributed by atoms with van der Waals surface area (Å²) in [5, 5.41) is -0.109. The first-order valence-corrected chi connectivity index (χ1v) is 4.52. The van der Waals surface area contributed by atoms with E-state index in [0.717, 1.165) is 17.5 Å². The van der Waals surface area contributed by atoms with Crippen molar-refractivity contribution >= 4 is 18.4 Å². The van der Waals surface area contributed by atoms with Gasteiger partial charge >= 0.3 is 0 Å². The molecule has 0 N–H and O–H groups in total. The molecule has 62 valence electrons.